The summed E-state index contributed by atoms with van der Waals surface area (Å²) in [6.07, 6.45) is 19.6. The molecule has 0 heterocycles. The van der Waals surface area contributed by atoms with Gasteiger partial charge < -0.3 is 9.84 Å². The summed E-state index contributed by atoms with van der Waals surface area (Å²) in [6.45, 7) is 4.10. The minimum Gasteiger partial charge on any atom is -0.469 e. The molecule has 26 heavy (non-hydrogen) atoms. The number of aliphatic hydroxyl groups is 1. The first-order valence-corrected chi connectivity index (χ1v) is 10.6. The van der Waals surface area contributed by atoms with Crippen LogP contribution < -0.4 is 0 Å². The van der Waals surface area contributed by atoms with Crippen molar-refractivity contribution in [2.75, 3.05) is 7.11 Å². The first kappa shape index (κ1) is 19.7. The van der Waals surface area contributed by atoms with E-state index in [0.717, 1.165) is 44.9 Å². The van der Waals surface area contributed by atoms with E-state index in [1.165, 1.54) is 32.8 Å². The standard InChI is InChI=1S/C23H36O3/c1-3-19(18-21(20(24)26-2)12-6-4-7-13-21)23(25)17-11-10-16-22(23)14-8-5-9-15-22/h3,10-11,19,25H,1,4-9,12-18H2,2H3. The van der Waals surface area contributed by atoms with Crippen molar-refractivity contribution in [2.24, 2.45) is 16.7 Å². The molecule has 0 radical (unpaired) electrons. The number of ether oxygens (including phenoxy) is 1. The molecule has 1 spiro atoms. The Balaban J connectivity index is 1.91. The van der Waals surface area contributed by atoms with Gasteiger partial charge in [0.05, 0.1) is 18.1 Å². The Bertz CT molecular complexity index is 538. The Kier molecular flexibility index (Phi) is 5.96. The molecule has 0 aliphatic heterocycles. The summed E-state index contributed by atoms with van der Waals surface area (Å²) in [6, 6.07) is 0. The van der Waals surface area contributed by atoms with Crippen LogP contribution in [0.3, 0.4) is 0 Å². The normalized spacial score (nSPS) is 31.3. The highest BCUT2D eigenvalue weighted by molar-refractivity contribution is 5.77. The van der Waals surface area contributed by atoms with E-state index in [0.29, 0.717) is 12.8 Å². The molecule has 1 N–H and O–H groups in total. The monoisotopic (exact) mass is 360 g/mol. The minimum atomic E-state index is -0.789. The number of allylic oxidation sites excluding steroid dienone is 1. The van der Waals surface area contributed by atoms with Gasteiger partial charge in [-0.05, 0) is 44.9 Å². The van der Waals surface area contributed by atoms with Crippen LogP contribution in [0.15, 0.2) is 24.8 Å². The molecule has 3 aliphatic rings. The van der Waals surface area contributed by atoms with Gasteiger partial charge in [0.25, 0.3) is 0 Å². The molecule has 0 saturated heterocycles. The molecule has 2 fully saturated rings. The highest BCUT2D eigenvalue weighted by atomic mass is 16.5. The summed E-state index contributed by atoms with van der Waals surface area (Å²) >= 11 is 0. The highest BCUT2D eigenvalue weighted by Gasteiger charge is 2.56. The van der Waals surface area contributed by atoms with Gasteiger partial charge >= 0.3 is 5.97 Å². The summed E-state index contributed by atoms with van der Waals surface area (Å²) in [4.78, 5) is 12.7. The van der Waals surface area contributed by atoms with E-state index >= 15 is 0 Å². The Morgan fingerprint density at radius 1 is 1.08 bits per heavy atom. The van der Waals surface area contributed by atoms with Crippen molar-refractivity contribution in [3.8, 4) is 0 Å². The van der Waals surface area contributed by atoms with Crippen molar-refractivity contribution >= 4 is 5.97 Å². The van der Waals surface area contributed by atoms with Crippen molar-refractivity contribution < 1.29 is 14.6 Å². The quantitative estimate of drug-likeness (QED) is 0.532. The Labute approximate surface area is 158 Å². The molecule has 3 rings (SSSR count). The number of rotatable bonds is 5. The molecule has 2 saturated carbocycles. The zero-order valence-electron chi connectivity index (χ0n) is 16.5. The second kappa shape index (κ2) is 7.88. The fourth-order valence-electron chi connectivity index (χ4n) is 6.18. The molecule has 0 amide bonds. The third-order valence-corrected chi connectivity index (χ3v) is 7.77. The zero-order valence-corrected chi connectivity index (χ0v) is 16.5. The van der Waals surface area contributed by atoms with Crippen molar-refractivity contribution in [1.82, 2.24) is 0 Å². The second-order valence-electron chi connectivity index (χ2n) is 9.02. The summed E-state index contributed by atoms with van der Waals surface area (Å²) in [5.74, 6) is -0.153. The Morgan fingerprint density at radius 3 is 2.23 bits per heavy atom. The number of methoxy groups -OCH3 is 1. The molecule has 3 aliphatic carbocycles. The summed E-state index contributed by atoms with van der Waals surface area (Å²) in [5.41, 5.74) is -1.29. The van der Waals surface area contributed by atoms with E-state index in [2.05, 4.69) is 18.7 Å². The lowest BCUT2D eigenvalue weighted by molar-refractivity contribution is -0.165. The topological polar surface area (TPSA) is 46.5 Å². The lowest BCUT2D eigenvalue weighted by atomic mass is 9.52. The van der Waals surface area contributed by atoms with Crippen LogP contribution in [0.5, 0.6) is 0 Å². The smallest absolute Gasteiger partial charge is 0.311 e. The molecule has 146 valence electrons. The Hall–Kier alpha value is -1.09. The first-order chi connectivity index (χ1) is 12.5. The molecule has 0 aromatic heterocycles. The molecule has 3 heteroatoms. The average Bonchev–Trinajstić information content (AvgIpc) is 2.69. The van der Waals surface area contributed by atoms with Crippen molar-refractivity contribution in [2.45, 2.75) is 89.1 Å². The minimum absolute atomic E-state index is 0.0508. The number of esters is 1. The van der Waals surface area contributed by atoms with E-state index in [-0.39, 0.29) is 17.3 Å². The Morgan fingerprint density at radius 2 is 1.65 bits per heavy atom. The van der Waals surface area contributed by atoms with Crippen LogP contribution in [0.2, 0.25) is 0 Å². The summed E-state index contributed by atoms with van der Waals surface area (Å²) in [7, 11) is 1.50. The molecule has 2 atom stereocenters. The van der Waals surface area contributed by atoms with Crippen LogP contribution in [-0.4, -0.2) is 23.8 Å². The van der Waals surface area contributed by atoms with Gasteiger partial charge in [0.15, 0.2) is 0 Å². The van der Waals surface area contributed by atoms with Crippen molar-refractivity contribution in [3.63, 3.8) is 0 Å². The SMILES string of the molecule is C=CC(CC1(C(=O)OC)CCCCC1)C1(O)CC=CCC12CCCCC2. The van der Waals surface area contributed by atoms with Crippen LogP contribution in [0, 0.1) is 16.7 Å². The lowest BCUT2D eigenvalue weighted by Crippen LogP contribution is -2.56. The maximum absolute atomic E-state index is 12.7. The van der Waals surface area contributed by atoms with Gasteiger partial charge in [0.1, 0.15) is 0 Å². The van der Waals surface area contributed by atoms with Crippen molar-refractivity contribution in [3.05, 3.63) is 24.8 Å². The first-order valence-electron chi connectivity index (χ1n) is 10.6. The van der Waals surface area contributed by atoms with E-state index in [9.17, 15) is 9.90 Å². The van der Waals surface area contributed by atoms with E-state index in [4.69, 9.17) is 4.74 Å². The van der Waals surface area contributed by atoms with Gasteiger partial charge in [-0.1, -0.05) is 56.8 Å². The molecular weight excluding hydrogens is 324 g/mol. The number of hydrogen-bond acceptors (Lipinski definition) is 3. The number of carbonyl (C=O) groups is 1. The summed E-state index contributed by atoms with van der Waals surface area (Å²) < 4.78 is 5.23. The van der Waals surface area contributed by atoms with Gasteiger partial charge in [-0.15, -0.1) is 6.58 Å². The lowest BCUT2D eigenvalue weighted by Gasteiger charge is -2.55. The third-order valence-electron chi connectivity index (χ3n) is 7.77. The molecule has 0 bridgehead atoms. The predicted octanol–water partition coefficient (Wildman–Crippen LogP) is 5.33. The maximum atomic E-state index is 12.7. The fourth-order valence-corrected chi connectivity index (χ4v) is 6.18. The third kappa shape index (κ3) is 3.28. The van der Waals surface area contributed by atoms with Crippen LogP contribution in [-0.2, 0) is 9.53 Å². The second-order valence-corrected chi connectivity index (χ2v) is 9.02. The average molecular weight is 361 g/mol. The largest absolute Gasteiger partial charge is 0.469 e. The fraction of sp³-hybridized carbons (Fsp3) is 0.783. The van der Waals surface area contributed by atoms with Crippen molar-refractivity contribution in [1.29, 1.82) is 0 Å². The van der Waals surface area contributed by atoms with E-state index in [1.807, 2.05) is 6.08 Å². The molecule has 0 aromatic carbocycles. The van der Waals surface area contributed by atoms with Crippen LogP contribution in [0.1, 0.15) is 83.5 Å². The highest BCUT2D eigenvalue weighted by Crippen LogP contribution is 2.57. The van der Waals surface area contributed by atoms with Crippen LogP contribution in [0.25, 0.3) is 0 Å². The maximum Gasteiger partial charge on any atom is 0.311 e. The van der Waals surface area contributed by atoms with Crippen LogP contribution >= 0.6 is 0 Å². The van der Waals surface area contributed by atoms with Gasteiger partial charge in [-0.25, -0.2) is 0 Å². The molecule has 3 nitrogen and oxygen atoms in total. The van der Waals surface area contributed by atoms with Gasteiger partial charge in [-0.3, -0.25) is 4.79 Å². The summed E-state index contributed by atoms with van der Waals surface area (Å²) in [5, 5.41) is 12.0. The van der Waals surface area contributed by atoms with Crippen LogP contribution in [0.4, 0.5) is 0 Å². The van der Waals surface area contributed by atoms with E-state index in [1.54, 1.807) is 0 Å². The van der Waals surface area contributed by atoms with Gasteiger partial charge in [0, 0.05) is 11.3 Å². The predicted molar refractivity (Wildman–Crippen MR) is 105 cm³/mol. The molecule has 0 aromatic rings. The number of hydrogen-bond donors (Lipinski definition) is 1. The molecule has 2 unspecified atom stereocenters. The number of carbonyl (C=O) groups excluding carboxylic acids is 1. The molecular formula is C23H36O3. The van der Waals surface area contributed by atoms with E-state index < -0.39 is 11.0 Å². The zero-order chi connectivity index (χ0) is 18.7. The van der Waals surface area contributed by atoms with Gasteiger partial charge in [0.2, 0.25) is 0 Å². The van der Waals surface area contributed by atoms with Gasteiger partial charge in [-0.2, -0.15) is 0 Å².